The summed E-state index contributed by atoms with van der Waals surface area (Å²) in [5.41, 5.74) is -0.0217. The third-order valence-electron chi connectivity index (χ3n) is 7.27. The molecule has 0 radical (unpaired) electrons. The molecule has 33 heavy (non-hydrogen) atoms. The lowest BCUT2D eigenvalue weighted by atomic mass is 9.65. The Bertz CT molecular complexity index is 723. The predicted octanol–water partition coefficient (Wildman–Crippen LogP) is 1.99. The highest BCUT2D eigenvalue weighted by molar-refractivity contribution is 5.84. The number of aliphatic carboxylic acids is 1. The molecule has 3 fully saturated rings. The number of carbonyl (C=O) groups is 3. The number of carbonyl (C=O) groups excluding carboxylic acids is 2. The predicted molar refractivity (Wildman–Crippen MR) is 114 cm³/mol. The lowest BCUT2D eigenvalue weighted by Gasteiger charge is -2.44. The van der Waals surface area contributed by atoms with Crippen LogP contribution in [0.4, 0.5) is 13.2 Å². The largest absolute Gasteiger partial charge is 0.490 e. The first kappa shape index (κ1) is 27.4. The van der Waals surface area contributed by atoms with Crippen LogP contribution in [0.5, 0.6) is 0 Å². The van der Waals surface area contributed by atoms with Gasteiger partial charge >= 0.3 is 12.1 Å². The summed E-state index contributed by atoms with van der Waals surface area (Å²) < 4.78 is 36.7. The summed E-state index contributed by atoms with van der Waals surface area (Å²) in [5.74, 6) is -1.53. The van der Waals surface area contributed by atoms with Gasteiger partial charge < -0.3 is 25.0 Å². The van der Waals surface area contributed by atoms with E-state index in [4.69, 9.17) is 14.6 Å². The number of hydrogen-bond acceptors (Lipinski definition) is 5. The average molecular weight is 480 g/mol. The van der Waals surface area contributed by atoms with Gasteiger partial charge in [-0.25, -0.2) is 4.79 Å². The van der Waals surface area contributed by atoms with Crippen molar-refractivity contribution in [2.45, 2.75) is 45.7 Å². The van der Waals surface area contributed by atoms with Crippen LogP contribution in [0.1, 0.15) is 39.5 Å². The van der Waals surface area contributed by atoms with Crippen molar-refractivity contribution >= 4 is 17.8 Å². The topological polar surface area (TPSA) is 99.2 Å². The fourth-order valence-corrected chi connectivity index (χ4v) is 5.65. The lowest BCUT2D eigenvalue weighted by molar-refractivity contribution is -0.192. The van der Waals surface area contributed by atoms with Gasteiger partial charge in [-0.1, -0.05) is 13.8 Å². The second kappa shape index (κ2) is 10.6. The number of fused-ring (bicyclic) bond motifs is 2. The zero-order chi connectivity index (χ0) is 25.0. The average Bonchev–Trinajstić information content (AvgIpc) is 3.21. The quantitative estimate of drug-likeness (QED) is 0.626. The van der Waals surface area contributed by atoms with Crippen molar-refractivity contribution in [1.29, 1.82) is 0 Å². The van der Waals surface area contributed by atoms with Gasteiger partial charge in [-0.2, -0.15) is 13.2 Å². The third kappa shape index (κ3) is 6.17. The zero-order valence-electron chi connectivity index (χ0n) is 19.8. The smallest absolute Gasteiger partial charge is 0.475 e. The fourth-order valence-electron chi connectivity index (χ4n) is 5.65. The number of ether oxygens (including phenoxy) is 1. The maximum Gasteiger partial charge on any atom is 0.490 e. The van der Waals surface area contributed by atoms with Gasteiger partial charge in [-0.15, -0.1) is 0 Å². The Labute approximate surface area is 192 Å². The minimum Gasteiger partial charge on any atom is -0.475 e. The zero-order valence-corrected chi connectivity index (χ0v) is 19.8. The summed E-state index contributed by atoms with van der Waals surface area (Å²) in [6.45, 7) is 8.66. The van der Waals surface area contributed by atoms with Gasteiger partial charge in [0.1, 0.15) is 6.61 Å². The molecular weight excluding hydrogens is 443 g/mol. The molecular formula is C22H36F3N3O5. The van der Waals surface area contributed by atoms with E-state index < -0.39 is 12.1 Å². The van der Waals surface area contributed by atoms with E-state index in [0.29, 0.717) is 11.8 Å². The molecule has 2 amide bonds. The maximum absolute atomic E-state index is 13.2. The van der Waals surface area contributed by atoms with Crippen molar-refractivity contribution in [3.8, 4) is 0 Å². The molecule has 8 nitrogen and oxygen atoms in total. The molecule has 0 unspecified atom stereocenters. The summed E-state index contributed by atoms with van der Waals surface area (Å²) in [6.07, 6.45) is -0.953. The van der Waals surface area contributed by atoms with Gasteiger partial charge in [0.2, 0.25) is 11.8 Å². The van der Waals surface area contributed by atoms with Crippen molar-refractivity contribution in [2.75, 3.05) is 53.5 Å². The van der Waals surface area contributed by atoms with Crippen LogP contribution in [0.15, 0.2) is 0 Å². The summed E-state index contributed by atoms with van der Waals surface area (Å²) in [7, 11) is 3.71. The molecule has 2 atom stereocenters. The van der Waals surface area contributed by atoms with Crippen LogP contribution in [0.3, 0.4) is 0 Å². The van der Waals surface area contributed by atoms with Crippen molar-refractivity contribution in [3.05, 3.63) is 0 Å². The number of methoxy groups -OCH3 is 1. The molecule has 0 aromatic carbocycles. The molecule has 1 spiro atoms. The van der Waals surface area contributed by atoms with Crippen LogP contribution in [0, 0.1) is 22.7 Å². The first-order valence-corrected chi connectivity index (χ1v) is 11.3. The molecule has 0 aromatic rings. The minimum atomic E-state index is -5.08. The first-order valence-electron chi connectivity index (χ1n) is 11.3. The van der Waals surface area contributed by atoms with Crippen LogP contribution in [-0.4, -0.2) is 92.4 Å². The minimum absolute atomic E-state index is 0.0878. The number of carboxylic acid groups (broad SMARTS) is 1. The number of hydrogen-bond donors (Lipinski definition) is 2. The second-order valence-corrected chi connectivity index (χ2v) is 9.99. The molecule has 3 aliphatic rings. The number of amides is 2. The Morgan fingerprint density at radius 1 is 1.15 bits per heavy atom. The fraction of sp³-hybridized carbons (Fsp3) is 0.864. The molecule has 1 saturated carbocycles. The number of nitrogens with zero attached hydrogens (tertiary/aromatic N) is 2. The van der Waals surface area contributed by atoms with E-state index in [9.17, 15) is 22.8 Å². The van der Waals surface area contributed by atoms with E-state index >= 15 is 0 Å². The van der Waals surface area contributed by atoms with E-state index in [-0.39, 0.29) is 29.3 Å². The van der Waals surface area contributed by atoms with E-state index in [1.54, 1.807) is 7.11 Å². The highest BCUT2D eigenvalue weighted by Crippen LogP contribution is 2.61. The lowest BCUT2D eigenvalue weighted by Crippen LogP contribution is -2.50. The number of halogens is 3. The SMILES string of the molecule is COCC(=O)N1CCC2(CC1)CC[C@@]1(C(=O)NCC(C)C)CN(C)C[C@@H]21.O=C(O)C(F)(F)F. The number of likely N-dealkylation sites (tertiary alicyclic amines) is 2. The van der Waals surface area contributed by atoms with Crippen LogP contribution in [-0.2, 0) is 19.1 Å². The van der Waals surface area contributed by atoms with Crippen molar-refractivity contribution in [1.82, 2.24) is 15.1 Å². The Hall–Kier alpha value is -1.88. The number of rotatable bonds is 5. The molecule has 190 valence electrons. The standard InChI is InChI=1S/C20H35N3O3.C2HF3O2/c1-15(2)11-21-18(25)20-6-5-19(16(20)12-22(3)14-20)7-9-23(10-8-19)17(24)13-26-4;3-2(4,5)1(6)7/h15-16H,5-14H2,1-4H3,(H,21,25);(H,6,7)/t16-,20+;/m0./s1. The molecule has 0 bridgehead atoms. The van der Waals surface area contributed by atoms with Gasteiger partial charge in [0.15, 0.2) is 0 Å². The molecule has 2 heterocycles. The summed E-state index contributed by atoms with van der Waals surface area (Å²) in [4.78, 5) is 38.5. The number of nitrogens with one attached hydrogen (secondary N) is 1. The normalized spacial score (nSPS) is 26.7. The molecule has 2 N–H and O–H groups in total. The molecule has 0 aromatic heterocycles. The van der Waals surface area contributed by atoms with E-state index in [0.717, 1.165) is 58.4 Å². The van der Waals surface area contributed by atoms with E-state index in [1.165, 1.54) is 0 Å². The van der Waals surface area contributed by atoms with Gasteiger partial charge in [-0.3, -0.25) is 9.59 Å². The van der Waals surface area contributed by atoms with Gasteiger partial charge in [0.05, 0.1) is 5.41 Å². The van der Waals surface area contributed by atoms with Crippen LogP contribution >= 0.6 is 0 Å². The number of piperidine rings is 1. The van der Waals surface area contributed by atoms with Crippen LogP contribution in [0.25, 0.3) is 0 Å². The maximum atomic E-state index is 13.2. The van der Waals surface area contributed by atoms with Gasteiger partial charge in [0, 0.05) is 39.8 Å². The monoisotopic (exact) mass is 479 g/mol. The molecule has 3 rings (SSSR count). The Kier molecular flexibility index (Phi) is 8.78. The summed E-state index contributed by atoms with van der Waals surface area (Å²) in [6, 6.07) is 0. The van der Waals surface area contributed by atoms with Crippen molar-refractivity contribution in [3.63, 3.8) is 0 Å². The highest BCUT2D eigenvalue weighted by atomic mass is 19.4. The third-order valence-corrected chi connectivity index (χ3v) is 7.27. The molecule has 1 aliphatic carbocycles. The summed E-state index contributed by atoms with van der Waals surface area (Å²) >= 11 is 0. The first-order chi connectivity index (χ1) is 15.3. The number of alkyl halides is 3. The molecule has 11 heteroatoms. The molecule has 2 aliphatic heterocycles. The molecule has 2 saturated heterocycles. The van der Waals surface area contributed by atoms with E-state index in [2.05, 4.69) is 31.1 Å². The Morgan fingerprint density at radius 3 is 2.21 bits per heavy atom. The Balaban J connectivity index is 0.000000479. The summed E-state index contributed by atoms with van der Waals surface area (Å²) in [5, 5.41) is 10.4. The highest BCUT2D eigenvalue weighted by Gasteiger charge is 2.63. The van der Waals surface area contributed by atoms with Crippen molar-refractivity contribution in [2.24, 2.45) is 22.7 Å². The second-order valence-electron chi connectivity index (χ2n) is 9.99. The Morgan fingerprint density at radius 2 is 1.73 bits per heavy atom. The number of carboxylic acids is 1. The van der Waals surface area contributed by atoms with Gasteiger partial charge in [0.25, 0.3) is 0 Å². The van der Waals surface area contributed by atoms with Crippen LogP contribution in [0.2, 0.25) is 0 Å². The van der Waals surface area contributed by atoms with E-state index in [1.807, 2.05) is 4.90 Å². The van der Waals surface area contributed by atoms with Crippen molar-refractivity contribution < 1.29 is 37.4 Å². The van der Waals surface area contributed by atoms with Crippen LogP contribution < -0.4 is 5.32 Å². The van der Waals surface area contributed by atoms with Gasteiger partial charge in [-0.05, 0) is 50.0 Å².